The van der Waals surface area contributed by atoms with Crippen molar-refractivity contribution in [3.05, 3.63) is 29.8 Å². The molecule has 1 atom stereocenters. The molecular weight excluding hydrogens is 308 g/mol. The number of aliphatic hydroxyl groups excluding tert-OH is 1. The molecule has 1 heterocycles. The number of hydrogen-bond donors (Lipinski definition) is 2. The Balaban J connectivity index is 2.35. The van der Waals surface area contributed by atoms with E-state index in [1.807, 2.05) is 0 Å². The summed E-state index contributed by atoms with van der Waals surface area (Å²) in [4.78, 5) is 0.384. The Morgan fingerprint density at radius 3 is 2.86 bits per heavy atom. The summed E-state index contributed by atoms with van der Waals surface area (Å²) in [5, 5.41) is 9.13. The highest BCUT2D eigenvalue weighted by molar-refractivity contribution is 7.89. The average Bonchev–Trinajstić information content (AvgIpc) is 2.48. The first kappa shape index (κ1) is 16.4. The van der Waals surface area contributed by atoms with Crippen LogP contribution in [0.4, 0.5) is 0 Å². The van der Waals surface area contributed by atoms with Gasteiger partial charge in [0.2, 0.25) is 10.0 Å². The van der Waals surface area contributed by atoms with E-state index in [1.54, 1.807) is 18.2 Å². The number of nitrogens with zero attached hydrogens (tertiary/aromatic N) is 1. The number of hydrogen-bond acceptors (Lipinski definition) is 4. The van der Waals surface area contributed by atoms with Gasteiger partial charge < -0.3 is 10.8 Å². The van der Waals surface area contributed by atoms with E-state index in [9.17, 15) is 8.42 Å². The second-order valence-electron chi connectivity index (χ2n) is 5.17. The van der Waals surface area contributed by atoms with E-state index in [1.165, 1.54) is 10.4 Å². The number of rotatable bonds is 5. The zero-order valence-corrected chi connectivity index (χ0v) is 13.4. The molecule has 116 valence electrons. The van der Waals surface area contributed by atoms with E-state index < -0.39 is 10.0 Å². The molecular formula is C14H20N2O3S2. The van der Waals surface area contributed by atoms with Crippen LogP contribution in [0.5, 0.6) is 0 Å². The second kappa shape index (κ2) is 6.83. The van der Waals surface area contributed by atoms with Gasteiger partial charge in [0.05, 0.1) is 4.90 Å². The normalized spacial score (nSPS) is 20.3. The zero-order valence-electron chi connectivity index (χ0n) is 11.7. The highest BCUT2D eigenvalue weighted by Crippen LogP contribution is 2.27. The molecule has 0 saturated carbocycles. The summed E-state index contributed by atoms with van der Waals surface area (Å²) in [6.07, 6.45) is 3.09. The molecule has 0 aliphatic carbocycles. The molecule has 2 rings (SSSR count). The largest absolute Gasteiger partial charge is 0.396 e. The van der Waals surface area contributed by atoms with Gasteiger partial charge in [0.1, 0.15) is 4.99 Å². The van der Waals surface area contributed by atoms with Gasteiger partial charge >= 0.3 is 0 Å². The van der Waals surface area contributed by atoms with Gasteiger partial charge in [-0.3, -0.25) is 0 Å². The molecule has 21 heavy (non-hydrogen) atoms. The predicted octanol–water partition coefficient (Wildman–Crippen LogP) is 1.25. The molecule has 0 amide bonds. The molecule has 1 saturated heterocycles. The molecule has 0 spiro atoms. The molecule has 1 aromatic carbocycles. The van der Waals surface area contributed by atoms with Gasteiger partial charge in [-0.1, -0.05) is 30.8 Å². The third-order valence-corrected chi connectivity index (χ3v) is 5.94. The average molecular weight is 328 g/mol. The van der Waals surface area contributed by atoms with Gasteiger partial charge in [0, 0.05) is 24.8 Å². The van der Waals surface area contributed by atoms with Crippen molar-refractivity contribution in [3.63, 3.8) is 0 Å². The van der Waals surface area contributed by atoms with Crippen molar-refractivity contribution in [1.29, 1.82) is 0 Å². The fourth-order valence-corrected chi connectivity index (χ4v) is 4.57. The van der Waals surface area contributed by atoms with Gasteiger partial charge in [0.25, 0.3) is 0 Å². The predicted molar refractivity (Wildman–Crippen MR) is 85.6 cm³/mol. The Bertz CT molecular complexity index is 614. The monoisotopic (exact) mass is 328 g/mol. The van der Waals surface area contributed by atoms with Gasteiger partial charge in [-0.05, 0) is 31.4 Å². The van der Waals surface area contributed by atoms with Crippen molar-refractivity contribution in [2.24, 2.45) is 5.73 Å². The molecule has 1 aromatic rings. The Morgan fingerprint density at radius 1 is 1.43 bits per heavy atom. The van der Waals surface area contributed by atoms with Crippen molar-refractivity contribution in [3.8, 4) is 0 Å². The molecule has 1 aliphatic rings. The maximum atomic E-state index is 12.8. The minimum atomic E-state index is -3.58. The minimum absolute atomic E-state index is 0.0103. The highest BCUT2D eigenvalue weighted by atomic mass is 32.2. The van der Waals surface area contributed by atoms with Crippen LogP contribution >= 0.6 is 12.2 Å². The van der Waals surface area contributed by atoms with Crippen molar-refractivity contribution in [1.82, 2.24) is 4.31 Å². The fraction of sp³-hybridized carbons (Fsp3) is 0.500. The summed E-state index contributed by atoms with van der Waals surface area (Å²) in [7, 11) is -3.58. The van der Waals surface area contributed by atoms with Crippen LogP contribution in [0.1, 0.15) is 31.2 Å². The van der Waals surface area contributed by atoms with Crippen LogP contribution in [-0.2, 0) is 10.0 Å². The number of sulfonamides is 1. The lowest BCUT2D eigenvalue weighted by Gasteiger charge is -2.34. The Kier molecular flexibility index (Phi) is 5.32. The smallest absolute Gasteiger partial charge is 0.243 e. The molecule has 1 fully saturated rings. The van der Waals surface area contributed by atoms with Gasteiger partial charge in [-0.15, -0.1) is 0 Å². The van der Waals surface area contributed by atoms with Gasteiger partial charge in [-0.25, -0.2) is 8.42 Å². The third kappa shape index (κ3) is 3.60. The Morgan fingerprint density at radius 2 is 2.19 bits per heavy atom. The van der Waals surface area contributed by atoms with Gasteiger partial charge in [0.15, 0.2) is 0 Å². The number of piperidine rings is 1. The molecule has 0 bridgehead atoms. The lowest BCUT2D eigenvalue weighted by atomic mass is 10.0. The van der Waals surface area contributed by atoms with Crippen LogP contribution in [-0.4, -0.2) is 42.0 Å². The summed E-state index contributed by atoms with van der Waals surface area (Å²) in [6, 6.07) is 6.28. The number of aliphatic hydroxyl groups is 1. The lowest BCUT2D eigenvalue weighted by molar-refractivity contribution is 0.192. The van der Waals surface area contributed by atoms with Crippen LogP contribution in [0.2, 0.25) is 0 Å². The van der Waals surface area contributed by atoms with Crippen LogP contribution in [0.25, 0.3) is 0 Å². The fourth-order valence-electron chi connectivity index (χ4n) is 2.67. The summed E-state index contributed by atoms with van der Waals surface area (Å²) < 4.78 is 27.1. The van der Waals surface area contributed by atoms with Crippen LogP contribution in [0.3, 0.4) is 0 Å². The summed E-state index contributed by atoms with van der Waals surface area (Å²) in [6.45, 7) is 0.480. The molecule has 5 nitrogen and oxygen atoms in total. The molecule has 0 radical (unpaired) electrons. The molecule has 7 heteroatoms. The van der Waals surface area contributed by atoms with E-state index in [0.717, 1.165) is 19.3 Å². The topological polar surface area (TPSA) is 83.6 Å². The van der Waals surface area contributed by atoms with E-state index >= 15 is 0 Å². The number of benzene rings is 1. The molecule has 1 unspecified atom stereocenters. The number of nitrogens with two attached hydrogens (primary N) is 1. The number of thiocarbonyl (C=S) groups is 1. The lowest BCUT2D eigenvalue weighted by Crippen LogP contribution is -2.44. The van der Waals surface area contributed by atoms with Crippen molar-refractivity contribution in [2.45, 2.75) is 36.6 Å². The van der Waals surface area contributed by atoms with Crippen LogP contribution in [0, 0.1) is 0 Å². The maximum absolute atomic E-state index is 12.8. The summed E-state index contributed by atoms with van der Waals surface area (Å²) in [5.74, 6) is 0. The van der Waals surface area contributed by atoms with Crippen LogP contribution < -0.4 is 5.73 Å². The minimum Gasteiger partial charge on any atom is -0.396 e. The van der Waals surface area contributed by atoms with E-state index in [0.29, 0.717) is 18.5 Å². The van der Waals surface area contributed by atoms with Crippen molar-refractivity contribution >= 4 is 27.2 Å². The molecule has 3 N–H and O–H groups in total. The highest BCUT2D eigenvalue weighted by Gasteiger charge is 2.33. The zero-order chi connectivity index (χ0) is 15.5. The summed E-state index contributed by atoms with van der Waals surface area (Å²) >= 11 is 4.90. The quantitative estimate of drug-likeness (QED) is 0.795. The summed E-state index contributed by atoms with van der Waals surface area (Å²) in [5.41, 5.74) is 6.11. The van der Waals surface area contributed by atoms with Crippen LogP contribution in [0.15, 0.2) is 29.2 Å². The SMILES string of the molecule is NC(=S)c1cccc(S(=O)(=O)N2CCCCC2CCO)c1. The standard InChI is InChI=1S/C14H20N2O3S2/c15-14(20)11-4-3-6-13(10-11)21(18,19)16-8-2-1-5-12(16)7-9-17/h3-4,6,10,12,17H,1-2,5,7-9H2,(H2,15,20). The first-order chi connectivity index (χ1) is 9.96. The second-order valence-corrected chi connectivity index (χ2v) is 7.50. The van der Waals surface area contributed by atoms with Gasteiger partial charge in [-0.2, -0.15) is 4.31 Å². The maximum Gasteiger partial charge on any atom is 0.243 e. The first-order valence-corrected chi connectivity index (χ1v) is 8.84. The third-order valence-electron chi connectivity index (χ3n) is 3.76. The van der Waals surface area contributed by atoms with Crippen molar-refractivity contribution in [2.75, 3.05) is 13.2 Å². The van der Waals surface area contributed by atoms with E-state index in [4.69, 9.17) is 23.1 Å². The molecule has 0 aromatic heterocycles. The van der Waals surface area contributed by atoms with E-state index in [2.05, 4.69) is 0 Å². The Labute approximate surface area is 130 Å². The Hall–Kier alpha value is -1.02. The first-order valence-electron chi connectivity index (χ1n) is 6.99. The molecule has 1 aliphatic heterocycles. The van der Waals surface area contributed by atoms with E-state index in [-0.39, 0.29) is 22.5 Å². The van der Waals surface area contributed by atoms with Crippen molar-refractivity contribution < 1.29 is 13.5 Å².